The number of amides is 2. The van der Waals surface area contributed by atoms with Gasteiger partial charge < -0.3 is 25.2 Å². The molecule has 0 saturated carbocycles. The molecule has 0 fully saturated rings. The van der Waals surface area contributed by atoms with Gasteiger partial charge in [-0.3, -0.25) is 4.79 Å². The molecular formula is C15H19F3N2O5. The quantitative estimate of drug-likeness (QED) is 0.650. The summed E-state index contributed by atoms with van der Waals surface area (Å²) >= 11 is 0. The van der Waals surface area contributed by atoms with Crippen molar-refractivity contribution in [1.29, 1.82) is 0 Å². The third-order valence-electron chi connectivity index (χ3n) is 3.07. The first kappa shape index (κ1) is 20.6. The van der Waals surface area contributed by atoms with Crippen LogP contribution in [0.5, 0.6) is 5.75 Å². The van der Waals surface area contributed by atoms with Crippen LogP contribution in [0, 0.1) is 0 Å². The maximum absolute atomic E-state index is 12.4. The summed E-state index contributed by atoms with van der Waals surface area (Å²) in [6.07, 6.45) is -5.73. The average Bonchev–Trinajstić information content (AvgIpc) is 2.52. The molecule has 10 heteroatoms. The van der Waals surface area contributed by atoms with Gasteiger partial charge in [0.25, 0.3) is 0 Å². The number of nitrogens with one attached hydrogen (secondary N) is 1. The molecule has 0 aliphatic heterocycles. The second kappa shape index (κ2) is 9.11. The van der Waals surface area contributed by atoms with E-state index in [0.29, 0.717) is 0 Å². The number of aliphatic hydroxyl groups excluding tert-OH is 1. The van der Waals surface area contributed by atoms with Crippen LogP contribution in [0.4, 0.5) is 18.0 Å². The molecule has 0 aliphatic rings. The monoisotopic (exact) mass is 364 g/mol. The fourth-order valence-corrected chi connectivity index (χ4v) is 1.80. The standard InChI is InChI=1S/C15H19F3N2O5/c1-20(14(24)19-7-6-13(22)23)8-11(21)9-25-12-4-2-10(3-5-12)15(16,17)18/h2-5,11,21H,6-9H2,1H3,(H,19,24)(H,22,23). The summed E-state index contributed by atoms with van der Waals surface area (Å²) in [5, 5.41) is 20.6. The van der Waals surface area contributed by atoms with Gasteiger partial charge >= 0.3 is 18.2 Å². The highest BCUT2D eigenvalue weighted by atomic mass is 19.4. The number of hydrogen-bond acceptors (Lipinski definition) is 4. The number of benzene rings is 1. The molecule has 1 rings (SSSR count). The van der Waals surface area contributed by atoms with E-state index in [1.165, 1.54) is 7.05 Å². The van der Waals surface area contributed by atoms with E-state index in [1.54, 1.807) is 0 Å². The molecule has 25 heavy (non-hydrogen) atoms. The minimum atomic E-state index is -4.44. The Morgan fingerprint density at radius 2 is 1.88 bits per heavy atom. The fourth-order valence-electron chi connectivity index (χ4n) is 1.80. The van der Waals surface area contributed by atoms with Gasteiger partial charge in [0.15, 0.2) is 0 Å². The highest BCUT2D eigenvalue weighted by Crippen LogP contribution is 2.30. The number of carbonyl (C=O) groups excluding carboxylic acids is 1. The number of carbonyl (C=O) groups is 2. The Morgan fingerprint density at radius 1 is 1.28 bits per heavy atom. The zero-order chi connectivity index (χ0) is 19.0. The maximum atomic E-state index is 12.4. The molecule has 0 aromatic heterocycles. The van der Waals surface area contributed by atoms with Gasteiger partial charge in [0.1, 0.15) is 18.5 Å². The van der Waals surface area contributed by atoms with Crippen LogP contribution in [0.15, 0.2) is 24.3 Å². The lowest BCUT2D eigenvalue weighted by molar-refractivity contribution is -0.138. The van der Waals surface area contributed by atoms with E-state index < -0.39 is 29.8 Å². The molecule has 0 aliphatic carbocycles. The molecule has 0 saturated heterocycles. The lowest BCUT2D eigenvalue weighted by Crippen LogP contribution is -2.43. The van der Waals surface area contributed by atoms with Crippen molar-refractivity contribution in [1.82, 2.24) is 10.2 Å². The molecule has 1 unspecified atom stereocenters. The molecule has 2 amide bonds. The summed E-state index contributed by atoms with van der Waals surface area (Å²) in [6, 6.07) is 3.44. The third kappa shape index (κ3) is 7.75. The molecule has 3 N–H and O–H groups in total. The third-order valence-corrected chi connectivity index (χ3v) is 3.07. The number of aliphatic hydroxyl groups is 1. The van der Waals surface area contributed by atoms with E-state index in [9.17, 15) is 27.9 Å². The molecule has 1 aromatic carbocycles. The average molecular weight is 364 g/mol. The maximum Gasteiger partial charge on any atom is 0.416 e. The van der Waals surface area contributed by atoms with Crippen molar-refractivity contribution in [3.05, 3.63) is 29.8 Å². The second-order valence-electron chi connectivity index (χ2n) is 5.24. The molecule has 1 aromatic rings. The summed E-state index contributed by atoms with van der Waals surface area (Å²) in [5.74, 6) is -0.895. The lowest BCUT2D eigenvalue weighted by atomic mass is 10.2. The molecular weight excluding hydrogens is 345 g/mol. The van der Waals surface area contributed by atoms with Crippen LogP contribution >= 0.6 is 0 Å². The predicted octanol–water partition coefficient (Wildman–Crippen LogP) is 1.56. The summed E-state index contributed by atoms with van der Waals surface area (Å²) in [6.45, 7) is -0.367. The first-order chi connectivity index (χ1) is 11.6. The fraction of sp³-hybridized carbons (Fsp3) is 0.467. The van der Waals surface area contributed by atoms with Crippen molar-refractivity contribution in [3.8, 4) is 5.75 Å². The molecule has 140 valence electrons. The Hall–Kier alpha value is -2.49. The van der Waals surface area contributed by atoms with Crippen LogP contribution in [0.2, 0.25) is 0 Å². The van der Waals surface area contributed by atoms with Crippen molar-refractivity contribution in [2.24, 2.45) is 0 Å². The molecule has 1 atom stereocenters. The van der Waals surface area contributed by atoms with Gasteiger partial charge in [-0.2, -0.15) is 13.2 Å². The zero-order valence-electron chi connectivity index (χ0n) is 13.4. The number of nitrogens with zero attached hydrogens (tertiary/aromatic N) is 1. The number of halogens is 3. The van der Waals surface area contributed by atoms with Gasteiger partial charge in [0, 0.05) is 13.6 Å². The van der Waals surface area contributed by atoms with Crippen LogP contribution in [0.25, 0.3) is 0 Å². The van der Waals surface area contributed by atoms with Crippen molar-refractivity contribution in [3.63, 3.8) is 0 Å². The number of hydrogen-bond donors (Lipinski definition) is 3. The van der Waals surface area contributed by atoms with Crippen molar-refractivity contribution < 1.29 is 37.7 Å². The molecule has 7 nitrogen and oxygen atoms in total. The Balaban J connectivity index is 2.37. The van der Waals surface area contributed by atoms with Gasteiger partial charge in [-0.1, -0.05) is 0 Å². The number of likely N-dealkylation sites (N-methyl/N-ethyl adjacent to an activating group) is 1. The van der Waals surface area contributed by atoms with Crippen LogP contribution < -0.4 is 10.1 Å². The van der Waals surface area contributed by atoms with E-state index in [0.717, 1.165) is 29.2 Å². The van der Waals surface area contributed by atoms with Crippen LogP contribution in [0.3, 0.4) is 0 Å². The predicted molar refractivity (Wildman–Crippen MR) is 81.2 cm³/mol. The molecule has 0 radical (unpaired) electrons. The Kier molecular flexibility index (Phi) is 7.49. The van der Waals surface area contributed by atoms with Crippen molar-refractivity contribution in [2.75, 3.05) is 26.7 Å². The normalized spacial score (nSPS) is 12.4. The second-order valence-corrected chi connectivity index (χ2v) is 5.24. The van der Waals surface area contributed by atoms with Crippen LogP contribution in [-0.4, -0.2) is 60.0 Å². The lowest BCUT2D eigenvalue weighted by Gasteiger charge is -2.21. The number of urea groups is 1. The summed E-state index contributed by atoms with van der Waals surface area (Å²) < 4.78 is 42.5. The van der Waals surface area contributed by atoms with Crippen LogP contribution in [0.1, 0.15) is 12.0 Å². The van der Waals surface area contributed by atoms with E-state index in [2.05, 4.69) is 5.32 Å². The van der Waals surface area contributed by atoms with E-state index in [4.69, 9.17) is 9.84 Å². The van der Waals surface area contributed by atoms with E-state index >= 15 is 0 Å². The first-order valence-corrected chi connectivity index (χ1v) is 7.28. The van der Waals surface area contributed by atoms with Crippen molar-refractivity contribution in [2.45, 2.75) is 18.7 Å². The summed E-state index contributed by atoms with van der Waals surface area (Å²) in [5.41, 5.74) is -0.807. The first-order valence-electron chi connectivity index (χ1n) is 7.28. The summed E-state index contributed by atoms with van der Waals surface area (Å²) in [7, 11) is 1.40. The highest BCUT2D eigenvalue weighted by molar-refractivity contribution is 5.75. The SMILES string of the molecule is CN(CC(O)COc1ccc(C(F)(F)F)cc1)C(=O)NCCC(=O)O. The smallest absolute Gasteiger partial charge is 0.416 e. The highest BCUT2D eigenvalue weighted by Gasteiger charge is 2.30. The minimum absolute atomic E-state index is 0.0450. The number of aliphatic carboxylic acids is 1. The molecule has 0 bridgehead atoms. The number of alkyl halides is 3. The number of ether oxygens (including phenoxy) is 1. The Morgan fingerprint density at radius 3 is 2.40 bits per heavy atom. The molecule has 0 spiro atoms. The van der Waals surface area contributed by atoms with Gasteiger partial charge in [0.05, 0.1) is 18.5 Å². The molecule has 0 heterocycles. The number of rotatable bonds is 8. The minimum Gasteiger partial charge on any atom is -0.491 e. The summed E-state index contributed by atoms with van der Waals surface area (Å²) in [4.78, 5) is 23.1. The van der Waals surface area contributed by atoms with E-state index in [-0.39, 0.29) is 31.9 Å². The zero-order valence-corrected chi connectivity index (χ0v) is 13.4. The number of carboxylic acid groups (broad SMARTS) is 1. The van der Waals surface area contributed by atoms with E-state index in [1.807, 2.05) is 0 Å². The van der Waals surface area contributed by atoms with Crippen LogP contribution in [-0.2, 0) is 11.0 Å². The Labute approximate surface area is 142 Å². The topological polar surface area (TPSA) is 99.1 Å². The van der Waals surface area contributed by atoms with Gasteiger partial charge in [-0.25, -0.2) is 4.79 Å². The Bertz CT molecular complexity index is 578. The van der Waals surface area contributed by atoms with Gasteiger partial charge in [0.2, 0.25) is 0 Å². The largest absolute Gasteiger partial charge is 0.491 e. The number of carboxylic acids is 1. The van der Waals surface area contributed by atoms with Crippen molar-refractivity contribution >= 4 is 12.0 Å². The van der Waals surface area contributed by atoms with Gasteiger partial charge in [-0.15, -0.1) is 0 Å². The van der Waals surface area contributed by atoms with Gasteiger partial charge in [-0.05, 0) is 24.3 Å².